The van der Waals surface area contributed by atoms with E-state index >= 15 is 0 Å². The minimum absolute atomic E-state index is 0.170. The summed E-state index contributed by atoms with van der Waals surface area (Å²) in [4.78, 5) is 37.2. The predicted molar refractivity (Wildman–Crippen MR) is 104 cm³/mol. The third kappa shape index (κ3) is 2.81. The van der Waals surface area contributed by atoms with Gasteiger partial charge in [-0.2, -0.15) is 0 Å². The van der Waals surface area contributed by atoms with Gasteiger partial charge in [-0.1, -0.05) is 24.3 Å². The fourth-order valence-corrected chi connectivity index (χ4v) is 3.38. The van der Waals surface area contributed by atoms with Crippen LogP contribution >= 0.6 is 0 Å². The molecule has 0 saturated heterocycles. The summed E-state index contributed by atoms with van der Waals surface area (Å²) < 4.78 is 5.15. The van der Waals surface area contributed by atoms with Crippen molar-refractivity contribution in [2.24, 2.45) is 0 Å². The van der Waals surface area contributed by atoms with Gasteiger partial charge in [-0.15, -0.1) is 0 Å². The number of carbonyl (C=O) groups excluding carboxylic acids is 2. The van der Waals surface area contributed by atoms with Crippen molar-refractivity contribution in [3.8, 4) is 5.75 Å². The van der Waals surface area contributed by atoms with E-state index in [2.05, 4.69) is 5.32 Å². The van der Waals surface area contributed by atoms with Gasteiger partial charge in [-0.25, -0.2) is 0 Å². The Morgan fingerprint density at radius 1 is 1.18 bits per heavy atom. The van der Waals surface area contributed by atoms with E-state index in [1.54, 1.807) is 18.2 Å². The number of non-ortho nitro benzene ring substituents is 1. The van der Waals surface area contributed by atoms with E-state index in [0.29, 0.717) is 11.3 Å². The van der Waals surface area contributed by atoms with Crippen LogP contribution in [0.3, 0.4) is 0 Å². The van der Waals surface area contributed by atoms with Gasteiger partial charge < -0.3 is 10.1 Å². The van der Waals surface area contributed by atoms with E-state index in [4.69, 9.17) is 4.74 Å². The standard InChI is InChI=1S/C20H15N3O5/c1-28-17-9-8-13(23(26)27)10-15(17)21-18(24)11-22-16-7-3-5-12-4-2-6-14(19(12)16)20(22)25/h2-10H,11H2,1H3,(H,21,24). The molecule has 1 heterocycles. The molecule has 140 valence electrons. The van der Waals surface area contributed by atoms with Crippen LogP contribution in [0, 0.1) is 10.1 Å². The number of amides is 2. The molecule has 0 aliphatic carbocycles. The van der Waals surface area contributed by atoms with Crippen molar-refractivity contribution in [1.82, 2.24) is 0 Å². The Morgan fingerprint density at radius 3 is 2.64 bits per heavy atom. The molecule has 0 spiro atoms. The summed E-state index contributed by atoms with van der Waals surface area (Å²) >= 11 is 0. The smallest absolute Gasteiger partial charge is 0.271 e. The molecule has 2 amide bonds. The highest BCUT2D eigenvalue weighted by Gasteiger charge is 2.31. The van der Waals surface area contributed by atoms with Crippen LogP contribution in [0.25, 0.3) is 10.8 Å². The Labute approximate surface area is 159 Å². The summed E-state index contributed by atoms with van der Waals surface area (Å²) in [5.41, 5.74) is 1.21. The highest BCUT2D eigenvalue weighted by Crippen LogP contribution is 2.37. The molecular formula is C20H15N3O5. The van der Waals surface area contributed by atoms with Crippen molar-refractivity contribution in [3.05, 3.63) is 70.3 Å². The molecule has 0 atom stereocenters. The quantitative estimate of drug-likeness (QED) is 0.543. The second-order valence-corrected chi connectivity index (χ2v) is 6.26. The van der Waals surface area contributed by atoms with Gasteiger partial charge in [0.2, 0.25) is 5.91 Å². The molecule has 4 rings (SSSR count). The summed E-state index contributed by atoms with van der Waals surface area (Å²) in [6, 6.07) is 14.9. The maximum absolute atomic E-state index is 12.8. The summed E-state index contributed by atoms with van der Waals surface area (Å²) in [6.45, 7) is -0.224. The lowest BCUT2D eigenvalue weighted by atomic mass is 10.1. The highest BCUT2D eigenvalue weighted by atomic mass is 16.6. The normalized spacial score (nSPS) is 12.3. The van der Waals surface area contributed by atoms with Crippen molar-refractivity contribution in [2.45, 2.75) is 0 Å². The Kier molecular flexibility index (Phi) is 4.15. The number of hydrogen-bond acceptors (Lipinski definition) is 5. The number of ether oxygens (including phenoxy) is 1. The summed E-state index contributed by atoms with van der Waals surface area (Å²) in [7, 11) is 1.40. The maximum Gasteiger partial charge on any atom is 0.271 e. The lowest BCUT2D eigenvalue weighted by Crippen LogP contribution is -2.35. The van der Waals surface area contributed by atoms with Gasteiger partial charge in [0.25, 0.3) is 11.6 Å². The van der Waals surface area contributed by atoms with Crippen LogP contribution in [-0.4, -0.2) is 30.4 Å². The number of anilines is 2. The SMILES string of the molecule is COc1ccc([N+](=O)[O-])cc1NC(=O)CN1C(=O)c2cccc3cccc1c23. The monoisotopic (exact) mass is 377 g/mol. The molecule has 8 nitrogen and oxygen atoms in total. The number of nitrogens with zero attached hydrogens (tertiary/aromatic N) is 2. The zero-order valence-corrected chi connectivity index (χ0v) is 14.8. The second-order valence-electron chi connectivity index (χ2n) is 6.26. The number of nitro benzene ring substituents is 1. The molecular weight excluding hydrogens is 362 g/mol. The topological polar surface area (TPSA) is 102 Å². The van der Waals surface area contributed by atoms with E-state index in [1.165, 1.54) is 30.2 Å². The minimum atomic E-state index is -0.559. The van der Waals surface area contributed by atoms with E-state index < -0.39 is 10.8 Å². The van der Waals surface area contributed by atoms with Gasteiger partial charge >= 0.3 is 0 Å². The minimum Gasteiger partial charge on any atom is -0.495 e. The molecule has 1 N–H and O–H groups in total. The number of carbonyl (C=O) groups is 2. The zero-order valence-electron chi connectivity index (χ0n) is 14.8. The first-order valence-corrected chi connectivity index (χ1v) is 8.45. The Hall–Kier alpha value is -3.94. The molecule has 0 aromatic heterocycles. The molecule has 0 saturated carbocycles. The second kappa shape index (κ2) is 6.66. The van der Waals surface area contributed by atoms with E-state index in [0.717, 1.165) is 10.8 Å². The third-order valence-corrected chi connectivity index (χ3v) is 4.62. The van der Waals surface area contributed by atoms with E-state index in [-0.39, 0.29) is 29.6 Å². The first kappa shape index (κ1) is 17.5. The van der Waals surface area contributed by atoms with Crippen LogP contribution in [0.1, 0.15) is 10.4 Å². The van der Waals surface area contributed by atoms with Gasteiger partial charge in [-0.05, 0) is 23.6 Å². The first-order valence-electron chi connectivity index (χ1n) is 8.45. The lowest BCUT2D eigenvalue weighted by Gasteiger charge is -2.18. The Bertz CT molecular complexity index is 1140. The molecule has 3 aromatic rings. The average molecular weight is 377 g/mol. The van der Waals surface area contributed by atoms with Crippen LogP contribution in [0.4, 0.5) is 17.1 Å². The molecule has 8 heteroatoms. The number of hydrogen-bond donors (Lipinski definition) is 1. The number of nitro groups is 1. The number of nitrogens with one attached hydrogen (secondary N) is 1. The summed E-state index contributed by atoms with van der Waals surface area (Å²) in [5.74, 6) is -0.456. The van der Waals surface area contributed by atoms with Gasteiger partial charge in [0, 0.05) is 23.1 Å². The van der Waals surface area contributed by atoms with Gasteiger partial charge in [0.15, 0.2) is 0 Å². The average Bonchev–Trinajstić information content (AvgIpc) is 2.96. The zero-order chi connectivity index (χ0) is 19.8. The van der Waals surface area contributed by atoms with Crippen molar-refractivity contribution < 1.29 is 19.2 Å². The summed E-state index contributed by atoms with van der Waals surface area (Å²) in [6.07, 6.45) is 0. The van der Waals surface area contributed by atoms with Crippen molar-refractivity contribution in [2.75, 3.05) is 23.9 Å². The van der Waals surface area contributed by atoms with Crippen LogP contribution in [0.5, 0.6) is 5.75 Å². The number of benzene rings is 3. The Morgan fingerprint density at radius 2 is 1.93 bits per heavy atom. The molecule has 1 aliphatic rings. The lowest BCUT2D eigenvalue weighted by molar-refractivity contribution is -0.384. The number of methoxy groups -OCH3 is 1. The molecule has 0 radical (unpaired) electrons. The van der Waals surface area contributed by atoms with Gasteiger partial charge in [0.1, 0.15) is 12.3 Å². The molecule has 0 bridgehead atoms. The van der Waals surface area contributed by atoms with E-state index in [1.807, 2.05) is 18.2 Å². The fraction of sp³-hybridized carbons (Fsp3) is 0.100. The third-order valence-electron chi connectivity index (χ3n) is 4.62. The van der Waals surface area contributed by atoms with Crippen LogP contribution in [0.15, 0.2) is 54.6 Å². The van der Waals surface area contributed by atoms with Gasteiger partial charge in [-0.3, -0.25) is 24.6 Å². The van der Waals surface area contributed by atoms with Crippen molar-refractivity contribution in [3.63, 3.8) is 0 Å². The van der Waals surface area contributed by atoms with Crippen LogP contribution in [-0.2, 0) is 4.79 Å². The largest absolute Gasteiger partial charge is 0.495 e. The van der Waals surface area contributed by atoms with Gasteiger partial charge in [0.05, 0.1) is 23.4 Å². The molecule has 3 aromatic carbocycles. The predicted octanol–water partition coefficient (Wildman–Crippen LogP) is 3.36. The highest BCUT2D eigenvalue weighted by molar-refractivity contribution is 6.26. The molecule has 0 fully saturated rings. The first-order chi connectivity index (χ1) is 13.5. The Balaban J connectivity index is 1.61. The molecule has 1 aliphatic heterocycles. The van der Waals surface area contributed by atoms with Crippen molar-refractivity contribution in [1.29, 1.82) is 0 Å². The molecule has 28 heavy (non-hydrogen) atoms. The maximum atomic E-state index is 12.8. The fourth-order valence-electron chi connectivity index (χ4n) is 3.38. The number of rotatable bonds is 5. The van der Waals surface area contributed by atoms with Crippen LogP contribution < -0.4 is 15.0 Å². The van der Waals surface area contributed by atoms with E-state index in [9.17, 15) is 19.7 Å². The summed E-state index contributed by atoms with van der Waals surface area (Å²) in [5, 5.41) is 15.3. The van der Waals surface area contributed by atoms with Crippen LogP contribution in [0.2, 0.25) is 0 Å². The van der Waals surface area contributed by atoms with Crippen molar-refractivity contribution >= 4 is 39.6 Å². The molecule has 0 unspecified atom stereocenters.